The molecule has 3 rings (SSSR count). The van der Waals surface area contributed by atoms with Gasteiger partial charge in [0.1, 0.15) is 0 Å². The van der Waals surface area contributed by atoms with Crippen molar-refractivity contribution in [1.82, 2.24) is 9.88 Å². The summed E-state index contributed by atoms with van der Waals surface area (Å²) in [6.45, 7) is 0.879. The molecule has 116 valence electrons. The molecule has 2 aromatic rings. The second-order valence-electron chi connectivity index (χ2n) is 5.38. The zero-order valence-electron chi connectivity index (χ0n) is 11.8. The van der Waals surface area contributed by atoms with Gasteiger partial charge in [-0.25, -0.2) is 4.98 Å². The zero-order valence-corrected chi connectivity index (χ0v) is 14.2. The Morgan fingerprint density at radius 2 is 2.27 bits per heavy atom. The lowest BCUT2D eigenvalue weighted by molar-refractivity contribution is -0.141. The number of carbonyl (C=O) groups is 2. The highest BCUT2D eigenvalue weighted by molar-refractivity contribution is 9.10. The van der Waals surface area contributed by atoms with E-state index in [1.165, 1.54) is 0 Å². The largest absolute Gasteiger partial charge is 0.481 e. The topological polar surface area (TPSA) is 70.5 Å². The van der Waals surface area contributed by atoms with E-state index in [9.17, 15) is 9.59 Å². The van der Waals surface area contributed by atoms with Gasteiger partial charge in [-0.3, -0.25) is 9.59 Å². The van der Waals surface area contributed by atoms with Crippen LogP contribution in [0.2, 0.25) is 0 Å². The summed E-state index contributed by atoms with van der Waals surface area (Å²) < 4.78 is 2.10. The third-order valence-electron chi connectivity index (χ3n) is 3.84. The standard InChI is InChI=1S/C15H15BrN2O3S/c16-10-1-2-12-11(7-10)17-13(22-12)3-4-14(19)18-6-5-9(8-18)15(20)21/h1-2,7,9H,3-6,8H2,(H,20,21)/t9-/m0/s1. The normalized spacial score (nSPS) is 18.0. The van der Waals surface area contributed by atoms with Gasteiger partial charge in [-0.05, 0) is 24.6 Å². The molecule has 5 nitrogen and oxygen atoms in total. The van der Waals surface area contributed by atoms with Crippen molar-refractivity contribution >= 4 is 49.4 Å². The predicted octanol–water partition coefficient (Wildman–Crippen LogP) is 2.92. The van der Waals surface area contributed by atoms with Crippen molar-refractivity contribution in [3.05, 3.63) is 27.7 Å². The molecule has 1 aliphatic rings. The van der Waals surface area contributed by atoms with Crippen LogP contribution in [0.15, 0.2) is 22.7 Å². The van der Waals surface area contributed by atoms with E-state index >= 15 is 0 Å². The smallest absolute Gasteiger partial charge is 0.308 e. The van der Waals surface area contributed by atoms with Crippen molar-refractivity contribution in [3.8, 4) is 0 Å². The van der Waals surface area contributed by atoms with Crippen molar-refractivity contribution < 1.29 is 14.7 Å². The molecule has 1 fully saturated rings. The van der Waals surface area contributed by atoms with E-state index in [-0.39, 0.29) is 5.91 Å². The average molecular weight is 383 g/mol. The predicted molar refractivity (Wildman–Crippen MR) is 88.0 cm³/mol. The van der Waals surface area contributed by atoms with Gasteiger partial charge < -0.3 is 10.0 Å². The molecule has 22 heavy (non-hydrogen) atoms. The number of carboxylic acid groups (broad SMARTS) is 1. The van der Waals surface area contributed by atoms with Crippen molar-refractivity contribution in [3.63, 3.8) is 0 Å². The van der Waals surface area contributed by atoms with Crippen molar-refractivity contribution in [2.75, 3.05) is 13.1 Å². The molecular formula is C15H15BrN2O3S. The van der Waals surface area contributed by atoms with E-state index in [1.807, 2.05) is 18.2 Å². The van der Waals surface area contributed by atoms with Gasteiger partial charge >= 0.3 is 5.97 Å². The molecule has 0 radical (unpaired) electrons. The Morgan fingerprint density at radius 3 is 3.00 bits per heavy atom. The monoisotopic (exact) mass is 382 g/mol. The number of nitrogens with zero attached hydrogens (tertiary/aromatic N) is 2. The number of likely N-dealkylation sites (tertiary alicyclic amines) is 1. The SMILES string of the molecule is O=C(O)[C@H]1CCN(C(=O)CCc2nc3cc(Br)ccc3s2)C1. The third-order valence-corrected chi connectivity index (χ3v) is 5.43. The fourth-order valence-corrected chi connectivity index (χ4v) is 3.91. The van der Waals surface area contributed by atoms with Crippen LogP contribution >= 0.6 is 27.3 Å². The van der Waals surface area contributed by atoms with Crippen LogP contribution in [0.5, 0.6) is 0 Å². The van der Waals surface area contributed by atoms with E-state index in [1.54, 1.807) is 16.2 Å². The lowest BCUT2D eigenvalue weighted by atomic mass is 10.1. The molecule has 1 atom stereocenters. The van der Waals surface area contributed by atoms with Crippen LogP contribution in [0.3, 0.4) is 0 Å². The molecule has 0 saturated carbocycles. The summed E-state index contributed by atoms with van der Waals surface area (Å²) in [5.74, 6) is -1.21. The second-order valence-corrected chi connectivity index (χ2v) is 7.41. The Labute approximate surface area is 140 Å². The highest BCUT2D eigenvalue weighted by atomic mass is 79.9. The first-order valence-corrected chi connectivity index (χ1v) is 8.69. The number of halogens is 1. The Balaban J connectivity index is 1.59. The lowest BCUT2D eigenvalue weighted by Crippen LogP contribution is -2.30. The number of carboxylic acids is 1. The van der Waals surface area contributed by atoms with Crippen LogP contribution in [-0.2, 0) is 16.0 Å². The minimum absolute atomic E-state index is 0.0178. The van der Waals surface area contributed by atoms with E-state index in [4.69, 9.17) is 5.11 Å². The molecule has 1 aromatic carbocycles. The van der Waals surface area contributed by atoms with Gasteiger partial charge in [0.2, 0.25) is 5.91 Å². The molecule has 0 aliphatic carbocycles. The first-order chi connectivity index (χ1) is 10.5. The average Bonchev–Trinajstić information content (AvgIpc) is 3.10. The number of amides is 1. The van der Waals surface area contributed by atoms with E-state index < -0.39 is 11.9 Å². The van der Waals surface area contributed by atoms with Crippen LogP contribution in [0.4, 0.5) is 0 Å². The molecule has 0 bridgehead atoms. The lowest BCUT2D eigenvalue weighted by Gasteiger charge is -2.15. The number of thiazole rings is 1. The number of fused-ring (bicyclic) bond motifs is 1. The first kappa shape index (κ1) is 15.4. The summed E-state index contributed by atoms with van der Waals surface area (Å²) in [5.41, 5.74) is 0.939. The molecule has 1 saturated heterocycles. The number of aryl methyl sites for hydroxylation is 1. The van der Waals surface area contributed by atoms with Crippen LogP contribution in [0, 0.1) is 5.92 Å². The third kappa shape index (κ3) is 3.30. The summed E-state index contributed by atoms with van der Waals surface area (Å²) in [6, 6.07) is 5.96. The zero-order chi connectivity index (χ0) is 15.7. The quantitative estimate of drug-likeness (QED) is 0.882. The summed E-state index contributed by atoms with van der Waals surface area (Å²) in [6.07, 6.45) is 1.54. The summed E-state index contributed by atoms with van der Waals surface area (Å²) in [7, 11) is 0. The van der Waals surface area contributed by atoms with Crippen molar-refractivity contribution in [2.45, 2.75) is 19.3 Å². The Hall–Kier alpha value is -1.47. The Kier molecular flexibility index (Phi) is 4.44. The van der Waals surface area contributed by atoms with Gasteiger partial charge in [0.15, 0.2) is 0 Å². The number of hydrogen-bond acceptors (Lipinski definition) is 4. The number of aromatic nitrogens is 1. The minimum Gasteiger partial charge on any atom is -0.481 e. The minimum atomic E-state index is -0.813. The summed E-state index contributed by atoms with van der Waals surface area (Å²) in [4.78, 5) is 29.3. The van der Waals surface area contributed by atoms with E-state index in [0.29, 0.717) is 32.4 Å². The second kappa shape index (κ2) is 6.34. The number of benzene rings is 1. The van der Waals surface area contributed by atoms with Gasteiger partial charge in [-0.15, -0.1) is 11.3 Å². The molecule has 2 heterocycles. The number of carbonyl (C=O) groups excluding carboxylic acids is 1. The molecule has 1 N–H and O–H groups in total. The fraction of sp³-hybridized carbons (Fsp3) is 0.400. The van der Waals surface area contributed by atoms with Crippen LogP contribution in [-0.4, -0.2) is 40.0 Å². The van der Waals surface area contributed by atoms with Gasteiger partial charge in [-0.2, -0.15) is 0 Å². The maximum atomic E-state index is 12.2. The number of rotatable bonds is 4. The molecule has 0 unspecified atom stereocenters. The first-order valence-electron chi connectivity index (χ1n) is 7.08. The van der Waals surface area contributed by atoms with Crippen LogP contribution in [0.25, 0.3) is 10.2 Å². The maximum absolute atomic E-state index is 12.2. The summed E-state index contributed by atoms with van der Waals surface area (Å²) in [5, 5.41) is 9.91. The fourth-order valence-electron chi connectivity index (χ4n) is 2.62. The van der Waals surface area contributed by atoms with E-state index in [0.717, 1.165) is 19.7 Å². The molecule has 1 aliphatic heterocycles. The van der Waals surface area contributed by atoms with Crippen molar-refractivity contribution in [1.29, 1.82) is 0 Å². The number of aliphatic carboxylic acids is 1. The van der Waals surface area contributed by atoms with Gasteiger partial charge in [-0.1, -0.05) is 15.9 Å². The molecule has 0 spiro atoms. The Morgan fingerprint density at radius 1 is 1.45 bits per heavy atom. The molecule has 1 aromatic heterocycles. The van der Waals surface area contributed by atoms with Gasteiger partial charge in [0.25, 0.3) is 0 Å². The molecule has 1 amide bonds. The summed E-state index contributed by atoms with van der Waals surface area (Å²) >= 11 is 5.02. The van der Waals surface area contributed by atoms with Gasteiger partial charge in [0.05, 0.1) is 21.1 Å². The highest BCUT2D eigenvalue weighted by Gasteiger charge is 2.30. The highest BCUT2D eigenvalue weighted by Crippen LogP contribution is 2.26. The number of hydrogen-bond donors (Lipinski definition) is 1. The molecular weight excluding hydrogens is 368 g/mol. The Bertz CT molecular complexity index is 731. The molecule has 7 heteroatoms. The van der Waals surface area contributed by atoms with E-state index in [2.05, 4.69) is 20.9 Å². The van der Waals surface area contributed by atoms with Crippen molar-refractivity contribution in [2.24, 2.45) is 5.92 Å². The van der Waals surface area contributed by atoms with Gasteiger partial charge in [0, 0.05) is 30.4 Å². The van der Waals surface area contributed by atoms with Crippen LogP contribution < -0.4 is 0 Å². The van der Waals surface area contributed by atoms with Crippen LogP contribution in [0.1, 0.15) is 17.8 Å². The maximum Gasteiger partial charge on any atom is 0.308 e.